The van der Waals surface area contributed by atoms with Crippen LogP contribution in [0.1, 0.15) is 11.1 Å². The van der Waals surface area contributed by atoms with E-state index in [2.05, 4.69) is 46.9 Å². The SMILES string of the molecule is CNC(=S)Nc1ccn(Cc2ccc(C)cc2)n1. The smallest absolute Gasteiger partial charge is 0.171 e. The molecule has 18 heavy (non-hydrogen) atoms. The summed E-state index contributed by atoms with van der Waals surface area (Å²) >= 11 is 5.02. The van der Waals surface area contributed by atoms with Gasteiger partial charge in [-0.05, 0) is 24.7 Å². The Hall–Kier alpha value is -1.88. The molecule has 0 aliphatic heterocycles. The fraction of sp³-hybridized carbons (Fsp3) is 0.231. The maximum absolute atomic E-state index is 5.02. The van der Waals surface area contributed by atoms with Gasteiger partial charge >= 0.3 is 0 Å². The second-order valence-electron chi connectivity index (χ2n) is 4.09. The van der Waals surface area contributed by atoms with Crippen LogP contribution in [0.2, 0.25) is 0 Å². The third-order valence-corrected chi connectivity index (χ3v) is 2.88. The molecule has 0 unspecified atom stereocenters. The molecule has 0 aliphatic carbocycles. The van der Waals surface area contributed by atoms with Crippen LogP contribution >= 0.6 is 12.2 Å². The molecule has 2 N–H and O–H groups in total. The number of hydrogen-bond acceptors (Lipinski definition) is 2. The first kappa shape index (κ1) is 12.6. The molecule has 0 radical (unpaired) electrons. The molecule has 0 bridgehead atoms. The summed E-state index contributed by atoms with van der Waals surface area (Å²) in [6.07, 6.45) is 1.93. The highest BCUT2D eigenvalue weighted by molar-refractivity contribution is 7.80. The van der Waals surface area contributed by atoms with Crippen LogP contribution in [0.5, 0.6) is 0 Å². The third-order valence-electron chi connectivity index (χ3n) is 2.57. The fourth-order valence-electron chi connectivity index (χ4n) is 1.58. The van der Waals surface area contributed by atoms with Crippen molar-refractivity contribution in [2.24, 2.45) is 0 Å². The van der Waals surface area contributed by atoms with Gasteiger partial charge in [-0.25, -0.2) is 0 Å². The molecule has 0 aliphatic rings. The fourth-order valence-corrected chi connectivity index (χ4v) is 1.68. The van der Waals surface area contributed by atoms with Crippen LogP contribution in [0, 0.1) is 6.92 Å². The monoisotopic (exact) mass is 260 g/mol. The quantitative estimate of drug-likeness (QED) is 0.830. The number of rotatable bonds is 3. The molecule has 1 heterocycles. The first-order chi connectivity index (χ1) is 8.67. The molecule has 94 valence electrons. The van der Waals surface area contributed by atoms with Crippen molar-refractivity contribution in [3.05, 3.63) is 47.7 Å². The van der Waals surface area contributed by atoms with Crippen molar-refractivity contribution in [2.75, 3.05) is 12.4 Å². The Morgan fingerprint density at radius 1 is 1.28 bits per heavy atom. The average molecular weight is 260 g/mol. The molecular weight excluding hydrogens is 244 g/mol. The van der Waals surface area contributed by atoms with Crippen LogP contribution in [-0.2, 0) is 6.54 Å². The molecule has 2 rings (SSSR count). The molecule has 0 saturated heterocycles. The lowest BCUT2D eigenvalue weighted by atomic mass is 10.1. The number of hydrogen-bond donors (Lipinski definition) is 2. The van der Waals surface area contributed by atoms with E-state index in [1.165, 1.54) is 11.1 Å². The molecule has 0 saturated carbocycles. The lowest BCUT2D eigenvalue weighted by Crippen LogP contribution is -2.24. The summed E-state index contributed by atoms with van der Waals surface area (Å²) in [5.74, 6) is 0.751. The summed E-state index contributed by atoms with van der Waals surface area (Å²) in [6.45, 7) is 2.84. The Kier molecular flexibility index (Phi) is 3.94. The van der Waals surface area contributed by atoms with Gasteiger partial charge < -0.3 is 10.6 Å². The summed E-state index contributed by atoms with van der Waals surface area (Å²) in [7, 11) is 1.78. The minimum atomic E-state index is 0.565. The van der Waals surface area contributed by atoms with Gasteiger partial charge in [0.25, 0.3) is 0 Å². The number of aromatic nitrogens is 2. The van der Waals surface area contributed by atoms with Gasteiger partial charge in [-0.1, -0.05) is 29.8 Å². The number of aryl methyl sites for hydroxylation is 1. The van der Waals surface area contributed by atoms with Crippen LogP contribution in [0.3, 0.4) is 0 Å². The van der Waals surface area contributed by atoms with Gasteiger partial charge in [-0.2, -0.15) is 5.10 Å². The maximum atomic E-state index is 5.02. The van der Waals surface area contributed by atoms with E-state index in [-0.39, 0.29) is 0 Å². The van der Waals surface area contributed by atoms with Crippen LogP contribution in [0.15, 0.2) is 36.5 Å². The maximum Gasteiger partial charge on any atom is 0.171 e. The highest BCUT2D eigenvalue weighted by Gasteiger charge is 2.01. The van der Waals surface area contributed by atoms with Gasteiger partial charge in [0.2, 0.25) is 0 Å². The van der Waals surface area contributed by atoms with E-state index < -0.39 is 0 Å². The number of nitrogens with one attached hydrogen (secondary N) is 2. The van der Waals surface area contributed by atoms with Crippen molar-refractivity contribution in [2.45, 2.75) is 13.5 Å². The number of benzene rings is 1. The van der Waals surface area contributed by atoms with Crippen LogP contribution in [0.25, 0.3) is 0 Å². The summed E-state index contributed by atoms with van der Waals surface area (Å²) in [5, 5.41) is 10.8. The van der Waals surface area contributed by atoms with Crippen LogP contribution in [-0.4, -0.2) is 21.9 Å². The van der Waals surface area contributed by atoms with Crippen molar-refractivity contribution in [1.82, 2.24) is 15.1 Å². The minimum absolute atomic E-state index is 0.565. The van der Waals surface area contributed by atoms with E-state index in [9.17, 15) is 0 Å². The Balaban J connectivity index is 2.02. The highest BCUT2D eigenvalue weighted by Crippen LogP contribution is 2.07. The molecule has 1 aromatic carbocycles. The summed E-state index contributed by atoms with van der Waals surface area (Å²) < 4.78 is 1.88. The largest absolute Gasteiger partial charge is 0.365 e. The van der Waals surface area contributed by atoms with Gasteiger partial charge in [-0.3, -0.25) is 4.68 Å². The van der Waals surface area contributed by atoms with Gasteiger partial charge in [0, 0.05) is 19.3 Å². The van der Waals surface area contributed by atoms with Gasteiger partial charge in [0.05, 0.1) is 6.54 Å². The van der Waals surface area contributed by atoms with E-state index in [0.29, 0.717) is 5.11 Å². The van der Waals surface area contributed by atoms with Crippen molar-refractivity contribution >= 4 is 23.1 Å². The zero-order valence-electron chi connectivity index (χ0n) is 10.5. The Morgan fingerprint density at radius 2 is 2.00 bits per heavy atom. The first-order valence-corrected chi connectivity index (χ1v) is 6.16. The van der Waals surface area contributed by atoms with Crippen molar-refractivity contribution < 1.29 is 0 Å². The van der Waals surface area contributed by atoms with E-state index in [1.54, 1.807) is 7.05 Å². The molecule has 0 fully saturated rings. The third kappa shape index (κ3) is 3.30. The van der Waals surface area contributed by atoms with Gasteiger partial charge in [0.1, 0.15) is 0 Å². The van der Waals surface area contributed by atoms with Gasteiger partial charge in [0.15, 0.2) is 10.9 Å². The molecule has 0 spiro atoms. The normalized spacial score (nSPS) is 10.1. The highest BCUT2D eigenvalue weighted by atomic mass is 32.1. The first-order valence-electron chi connectivity index (χ1n) is 5.75. The van der Waals surface area contributed by atoms with Crippen molar-refractivity contribution in [3.63, 3.8) is 0 Å². The average Bonchev–Trinajstić information content (AvgIpc) is 2.79. The Labute approximate surface area is 112 Å². The Bertz CT molecular complexity index is 530. The van der Waals surface area contributed by atoms with Crippen LogP contribution in [0.4, 0.5) is 5.82 Å². The standard InChI is InChI=1S/C13H16N4S/c1-10-3-5-11(6-4-10)9-17-8-7-12(16-17)15-13(18)14-2/h3-8H,9H2,1-2H3,(H2,14,15,16,18). The van der Waals surface area contributed by atoms with Crippen molar-refractivity contribution in [3.8, 4) is 0 Å². The van der Waals surface area contributed by atoms with E-state index in [0.717, 1.165) is 12.4 Å². The Morgan fingerprint density at radius 3 is 2.67 bits per heavy atom. The predicted molar refractivity (Wildman–Crippen MR) is 77.8 cm³/mol. The number of thiocarbonyl (C=S) groups is 1. The number of anilines is 1. The summed E-state index contributed by atoms with van der Waals surface area (Å²) in [5.41, 5.74) is 2.49. The molecule has 2 aromatic rings. The second kappa shape index (κ2) is 5.64. The van der Waals surface area contributed by atoms with E-state index in [1.807, 2.05) is 16.9 Å². The molecule has 0 amide bonds. The predicted octanol–water partition coefficient (Wildman–Crippen LogP) is 2.16. The summed E-state index contributed by atoms with van der Waals surface area (Å²) in [6, 6.07) is 10.3. The topological polar surface area (TPSA) is 41.9 Å². The van der Waals surface area contributed by atoms with Crippen LogP contribution < -0.4 is 10.6 Å². The lowest BCUT2D eigenvalue weighted by molar-refractivity contribution is 0.690. The molecular formula is C13H16N4S. The number of nitrogens with zero attached hydrogens (tertiary/aromatic N) is 2. The minimum Gasteiger partial charge on any atom is -0.365 e. The molecule has 4 nitrogen and oxygen atoms in total. The zero-order chi connectivity index (χ0) is 13.0. The molecule has 1 aromatic heterocycles. The second-order valence-corrected chi connectivity index (χ2v) is 4.50. The summed E-state index contributed by atoms with van der Waals surface area (Å²) in [4.78, 5) is 0. The van der Waals surface area contributed by atoms with E-state index in [4.69, 9.17) is 12.2 Å². The zero-order valence-corrected chi connectivity index (χ0v) is 11.3. The van der Waals surface area contributed by atoms with Crippen molar-refractivity contribution in [1.29, 1.82) is 0 Å². The van der Waals surface area contributed by atoms with Gasteiger partial charge in [-0.15, -0.1) is 0 Å². The van der Waals surface area contributed by atoms with E-state index >= 15 is 0 Å². The lowest BCUT2D eigenvalue weighted by Gasteiger charge is -2.04. The molecule has 0 atom stereocenters. The molecule has 5 heteroatoms.